The van der Waals surface area contributed by atoms with Crippen LogP contribution in [0.5, 0.6) is 0 Å². The number of nitrogens with zero attached hydrogens (tertiary/aromatic N) is 1. The van der Waals surface area contributed by atoms with Crippen molar-refractivity contribution >= 4 is 21.9 Å². The molecule has 2 N–H and O–H groups in total. The lowest BCUT2D eigenvalue weighted by Crippen LogP contribution is -2.51. The standard InChI is InChI=1S/C18H26N2O5S/c1-3-13(2)16(18(22)23)19-17(21)14-8-7-11-20(12-14)26(24,25)15-9-5-4-6-10-15/h4-6,9-10,13-14,16H,3,7-8,11-12H2,1-2H3,(H,19,21)(H,22,23)/t13-,14+,16+/m1/s1. The molecule has 0 aromatic heterocycles. The van der Waals surface area contributed by atoms with Gasteiger partial charge in [0.1, 0.15) is 6.04 Å². The van der Waals surface area contributed by atoms with Gasteiger partial charge in [0.15, 0.2) is 0 Å². The highest BCUT2D eigenvalue weighted by Gasteiger charge is 2.35. The number of benzene rings is 1. The van der Waals surface area contributed by atoms with Crippen LogP contribution in [0, 0.1) is 11.8 Å². The number of carboxylic acids is 1. The minimum atomic E-state index is -3.66. The van der Waals surface area contributed by atoms with Crippen LogP contribution in [-0.2, 0) is 19.6 Å². The SMILES string of the molecule is CC[C@@H](C)[C@H](NC(=O)[C@H]1CCCN(S(=O)(=O)c2ccccc2)C1)C(=O)O. The maximum atomic E-state index is 12.7. The molecular formula is C18H26N2O5S. The summed E-state index contributed by atoms with van der Waals surface area (Å²) in [7, 11) is -3.66. The van der Waals surface area contributed by atoms with Crippen molar-refractivity contribution in [2.24, 2.45) is 11.8 Å². The van der Waals surface area contributed by atoms with Gasteiger partial charge in [-0.1, -0.05) is 38.5 Å². The molecule has 1 amide bonds. The molecule has 1 fully saturated rings. The summed E-state index contributed by atoms with van der Waals surface area (Å²) in [4.78, 5) is 24.2. The summed E-state index contributed by atoms with van der Waals surface area (Å²) in [5, 5.41) is 11.9. The van der Waals surface area contributed by atoms with E-state index in [1.807, 2.05) is 6.92 Å². The first-order valence-electron chi connectivity index (χ1n) is 8.85. The topological polar surface area (TPSA) is 104 Å². The molecule has 1 aliphatic rings. The first kappa shape index (κ1) is 20.4. The minimum absolute atomic E-state index is 0.0654. The predicted octanol–water partition coefficient (Wildman–Crippen LogP) is 1.70. The van der Waals surface area contributed by atoms with Crippen LogP contribution in [0.25, 0.3) is 0 Å². The maximum Gasteiger partial charge on any atom is 0.326 e. The zero-order valence-corrected chi connectivity index (χ0v) is 15.9. The van der Waals surface area contributed by atoms with Gasteiger partial charge in [0, 0.05) is 13.1 Å². The third kappa shape index (κ3) is 4.62. The first-order chi connectivity index (χ1) is 12.3. The van der Waals surface area contributed by atoms with E-state index >= 15 is 0 Å². The van der Waals surface area contributed by atoms with E-state index in [4.69, 9.17) is 0 Å². The number of rotatable bonds is 7. The summed E-state index contributed by atoms with van der Waals surface area (Å²) in [6.07, 6.45) is 1.72. The number of hydrogen-bond donors (Lipinski definition) is 2. The average Bonchev–Trinajstić information content (AvgIpc) is 2.65. The molecule has 8 heteroatoms. The van der Waals surface area contributed by atoms with E-state index in [9.17, 15) is 23.1 Å². The Morgan fingerprint density at radius 2 is 1.96 bits per heavy atom. The van der Waals surface area contributed by atoms with Crippen LogP contribution in [0.4, 0.5) is 0 Å². The fourth-order valence-corrected chi connectivity index (χ4v) is 4.62. The molecule has 1 aromatic carbocycles. The van der Waals surface area contributed by atoms with Crippen LogP contribution in [-0.4, -0.2) is 48.8 Å². The second-order valence-corrected chi connectivity index (χ2v) is 8.66. The number of carbonyl (C=O) groups excluding carboxylic acids is 1. The largest absolute Gasteiger partial charge is 0.480 e. The van der Waals surface area contributed by atoms with Crippen molar-refractivity contribution in [1.29, 1.82) is 0 Å². The molecule has 1 heterocycles. The Hall–Kier alpha value is -1.93. The summed E-state index contributed by atoms with van der Waals surface area (Å²) < 4.78 is 26.8. The fraction of sp³-hybridized carbons (Fsp3) is 0.556. The number of aliphatic carboxylic acids is 1. The van der Waals surface area contributed by atoms with Gasteiger partial charge in [-0.3, -0.25) is 4.79 Å². The summed E-state index contributed by atoms with van der Waals surface area (Å²) >= 11 is 0. The molecule has 26 heavy (non-hydrogen) atoms. The van der Waals surface area contributed by atoms with Gasteiger partial charge >= 0.3 is 5.97 Å². The van der Waals surface area contributed by atoms with Gasteiger partial charge in [0.25, 0.3) is 0 Å². The quantitative estimate of drug-likeness (QED) is 0.747. The second-order valence-electron chi connectivity index (χ2n) is 6.73. The van der Waals surface area contributed by atoms with Crippen molar-refractivity contribution in [3.05, 3.63) is 30.3 Å². The minimum Gasteiger partial charge on any atom is -0.480 e. The molecule has 1 saturated heterocycles. The number of amides is 1. The normalized spacial score (nSPS) is 20.9. The average molecular weight is 382 g/mol. The van der Waals surface area contributed by atoms with Gasteiger partial charge in [-0.15, -0.1) is 0 Å². The van der Waals surface area contributed by atoms with Crippen LogP contribution in [0.3, 0.4) is 0 Å². The number of nitrogens with one attached hydrogen (secondary N) is 1. The Bertz CT molecular complexity index is 735. The Kier molecular flexibility index (Phi) is 6.77. The fourth-order valence-electron chi connectivity index (χ4n) is 3.07. The van der Waals surface area contributed by atoms with Gasteiger partial charge in [-0.05, 0) is 30.9 Å². The number of carbonyl (C=O) groups is 2. The van der Waals surface area contributed by atoms with Crippen LogP contribution in [0.1, 0.15) is 33.1 Å². The lowest BCUT2D eigenvalue weighted by Gasteiger charge is -2.32. The van der Waals surface area contributed by atoms with Crippen molar-refractivity contribution < 1.29 is 23.1 Å². The van der Waals surface area contributed by atoms with Crippen molar-refractivity contribution in [3.63, 3.8) is 0 Å². The van der Waals surface area contributed by atoms with Crippen molar-refractivity contribution in [2.45, 2.75) is 44.0 Å². The molecule has 144 valence electrons. The van der Waals surface area contributed by atoms with Crippen molar-refractivity contribution in [2.75, 3.05) is 13.1 Å². The van der Waals surface area contributed by atoms with Gasteiger partial charge in [-0.25, -0.2) is 13.2 Å². The van der Waals surface area contributed by atoms with Crippen LogP contribution < -0.4 is 5.32 Å². The molecule has 0 radical (unpaired) electrons. The second kappa shape index (κ2) is 8.64. The molecule has 1 aromatic rings. The third-order valence-corrected chi connectivity index (χ3v) is 6.79. The van der Waals surface area contributed by atoms with Crippen molar-refractivity contribution in [3.8, 4) is 0 Å². The third-order valence-electron chi connectivity index (χ3n) is 4.91. The van der Waals surface area contributed by atoms with Gasteiger partial charge in [0.2, 0.25) is 15.9 Å². The smallest absolute Gasteiger partial charge is 0.326 e. The van der Waals surface area contributed by atoms with Crippen LogP contribution in [0.2, 0.25) is 0 Å². The van der Waals surface area contributed by atoms with Crippen molar-refractivity contribution in [1.82, 2.24) is 9.62 Å². The van der Waals surface area contributed by atoms with Gasteiger partial charge in [-0.2, -0.15) is 4.31 Å². The van der Waals surface area contributed by atoms with E-state index in [2.05, 4.69) is 5.32 Å². The van der Waals surface area contributed by atoms with E-state index < -0.39 is 33.9 Å². The molecule has 3 atom stereocenters. The van der Waals surface area contributed by atoms with E-state index in [-0.39, 0.29) is 17.4 Å². The molecule has 0 unspecified atom stereocenters. The van der Waals surface area contributed by atoms with Crippen LogP contribution >= 0.6 is 0 Å². The number of piperidine rings is 1. The zero-order chi connectivity index (χ0) is 19.3. The van der Waals surface area contributed by atoms with Gasteiger partial charge < -0.3 is 10.4 Å². The molecule has 0 saturated carbocycles. The Morgan fingerprint density at radius 3 is 2.54 bits per heavy atom. The Morgan fingerprint density at radius 1 is 1.31 bits per heavy atom. The molecule has 7 nitrogen and oxygen atoms in total. The lowest BCUT2D eigenvalue weighted by atomic mass is 9.95. The highest BCUT2D eigenvalue weighted by Crippen LogP contribution is 2.24. The van der Waals surface area contributed by atoms with E-state index in [0.717, 1.165) is 0 Å². The van der Waals surface area contributed by atoms with Crippen LogP contribution in [0.15, 0.2) is 35.2 Å². The molecule has 0 spiro atoms. The highest BCUT2D eigenvalue weighted by atomic mass is 32.2. The first-order valence-corrected chi connectivity index (χ1v) is 10.3. The highest BCUT2D eigenvalue weighted by molar-refractivity contribution is 7.89. The van der Waals surface area contributed by atoms with E-state index in [1.54, 1.807) is 25.1 Å². The number of carboxylic acid groups (broad SMARTS) is 1. The molecule has 1 aliphatic heterocycles. The Balaban J connectivity index is 2.10. The molecule has 2 rings (SSSR count). The lowest BCUT2D eigenvalue weighted by molar-refractivity contribution is -0.144. The van der Waals surface area contributed by atoms with E-state index in [0.29, 0.717) is 25.8 Å². The number of hydrogen-bond acceptors (Lipinski definition) is 4. The summed E-state index contributed by atoms with van der Waals surface area (Å²) in [6.45, 7) is 4.05. The zero-order valence-electron chi connectivity index (χ0n) is 15.1. The molecule has 0 bridgehead atoms. The maximum absolute atomic E-state index is 12.7. The summed E-state index contributed by atoms with van der Waals surface area (Å²) in [5.41, 5.74) is 0. The number of sulfonamides is 1. The van der Waals surface area contributed by atoms with Gasteiger partial charge in [0.05, 0.1) is 10.8 Å². The Labute approximate surface area is 154 Å². The molecule has 0 aliphatic carbocycles. The molecular weight excluding hydrogens is 356 g/mol. The predicted molar refractivity (Wildman–Crippen MR) is 96.9 cm³/mol. The summed E-state index contributed by atoms with van der Waals surface area (Å²) in [6, 6.07) is 7.15. The monoisotopic (exact) mass is 382 g/mol. The van der Waals surface area contributed by atoms with E-state index in [1.165, 1.54) is 16.4 Å². The summed E-state index contributed by atoms with van der Waals surface area (Å²) in [5.74, 6) is -2.22.